The molecule has 114 valence electrons. The number of aromatic nitrogens is 2. The minimum Gasteiger partial charge on any atom is -0.464 e. The van der Waals surface area contributed by atoms with Crippen molar-refractivity contribution in [2.24, 2.45) is 0 Å². The van der Waals surface area contributed by atoms with Crippen molar-refractivity contribution in [1.82, 2.24) is 15.1 Å². The molecule has 0 aliphatic heterocycles. The van der Waals surface area contributed by atoms with E-state index in [-0.39, 0.29) is 11.7 Å². The van der Waals surface area contributed by atoms with E-state index in [4.69, 9.17) is 8.83 Å². The molecule has 2 rings (SSSR count). The van der Waals surface area contributed by atoms with E-state index in [1.807, 2.05) is 25.3 Å². The lowest BCUT2D eigenvalue weighted by molar-refractivity contribution is -0.127. The van der Waals surface area contributed by atoms with Crippen molar-refractivity contribution in [1.29, 1.82) is 0 Å². The summed E-state index contributed by atoms with van der Waals surface area (Å²) in [5.74, 6) is 3.12. The standard InChI is InChI=1S/C13H17N3O3S2/c1-9-4-5-10(18-9)6-16(2)12(17)8-21-13-15-14-11(19-13)7-20-3/h4-5H,6-8H2,1-3H3. The zero-order valence-electron chi connectivity index (χ0n) is 12.2. The Morgan fingerprint density at radius 2 is 2.14 bits per heavy atom. The average molecular weight is 327 g/mol. The van der Waals surface area contributed by atoms with Crippen LogP contribution in [0.5, 0.6) is 0 Å². The lowest BCUT2D eigenvalue weighted by atomic mass is 10.4. The van der Waals surface area contributed by atoms with Gasteiger partial charge in [-0.25, -0.2) is 0 Å². The molecular formula is C13H17N3O3S2. The number of hydrogen-bond acceptors (Lipinski definition) is 7. The fourth-order valence-corrected chi connectivity index (χ4v) is 2.69. The van der Waals surface area contributed by atoms with Crippen molar-refractivity contribution in [3.8, 4) is 0 Å². The molecule has 0 fully saturated rings. The van der Waals surface area contributed by atoms with Crippen molar-refractivity contribution < 1.29 is 13.6 Å². The summed E-state index contributed by atoms with van der Waals surface area (Å²) in [6, 6.07) is 3.76. The smallest absolute Gasteiger partial charge is 0.277 e. The van der Waals surface area contributed by atoms with Gasteiger partial charge in [0.1, 0.15) is 11.5 Å². The van der Waals surface area contributed by atoms with Crippen LogP contribution in [-0.4, -0.2) is 40.1 Å². The predicted octanol–water partition coefficient (Wildman–Crippen LogP) is 2.58. The normalized spacial score (nSPS) is 10.8. The molecule has 2 heterocycles. The number of carbonyl (C=O) groups excluding carboxylic acids is 1. The number of aryl methyl sites for hydroxylation is 1. The Labute approximate surface area is 131 Å². The topological polar surface area (TPSA) is 72.4 Å². The molecule has 0 aromatic carbocycles. The van der Waals surface area contributed by atoms with Gasteiger partial charge in [0.05, 0.1) is 18.1 Å². The summed E-state index contributed by atoms with van der Waals surface area (Å²) in [4.78, 5) is 13.6. The van der Waals surface area contributed by atoms with Crippen LogP contribution in [-0.2, 0) is 17.1 Å². The first-order valence-electron chi connectivity index (χ1n) is 6.32. The highest BCUT2D eigenvalue weighted by Gasteiger charge is 2.14. The molecular weight excluding hydrogens is 310 g/mol. The van der Waals surface area contributed by atoms with E-state index >= 15 is 0 Å². The summed E-state index contributed by atoms with van der Waals surface area (Å²) in [6.07, 6.45) is 1.96. The molecule has 0 saturated heterocycles. The summed E-state index contributed by atoms with van der Waals surface area (Å²) in [5.41, 5.74) is 0. The fourth-order valence-electron chi connectivity index (χ4n) is 1.60. The first-order valence-corrected chi connectivity index (χ1v) is 8.70. The molecule has 0 radical (unpaired) electrons. The van der Waals surface area contributed by atoms with Crippen LogP contribution in [0.4, 0.5) is 0 Å². The van der Waals surface area contributed by atoms with Crippen LogP contribution < -0.4 is 0 Å². The lowest BCUT2D eigenvalue weighted by Gasteiger charge is -2.14. The molecule has 2 aromatic rings. The van der Waals surface area contributed by atoms with E-state index in [0.29, 0.717) is 23.4 Å². The Morgan fingerprint density at radius 1 is 1.33 bits per heavy atom. The summed E-state index contributed by atoms with van der Waals surface area (Å²) in [5, 5.41) is 8.22. The Kier molecular flexibility index (Phi) is 5.75. The molecule has 0 atom stereocenters. The minimum atomic E-state index is -0.0151. The summed E-state index contributed by atoms with van der Waals surface area (Å²) in [6.45, 7) is 2.33. The second kappa shape index (κ2) is 7.56. The first-order chi connectivity index (χ1) is 10.1. The quantitative estimate of drug-likeness (QED) is 0.724. The fraction of sp³-hybridized carbons (Fsp3) is 0.462. The van der Waals surface area contributed by atoms with Crippen LogP contribution in [0.25, 0.3) is 0 Å². The second-order valence-corrected chi connectivity index (χ2v) is 6.24. The van der Waals surface area contributed by atoms with Gasteiger partial charge in [-0.15, -0.1) is 10.2 Å². The number of carbonyl (C=O) groups is 1. The third-order valence-electron chi connectivity index (χ3n) is 2.65. The second-order valence-electron chi connectivity index (χ2n) is 4.45. The SMILES string of the molecule is CSCc1nnc(SCC(=O)N(C)Cc2ccc(C)o2)o1. The Hall–Kier alpha value is -1.41. The molecule has 0 bridgehead atoms. The van der Waals surface area contributed by atoms with Crippen molar-refractivity contribution in [2.45, 2.75) is 24.4 Å². The zero-order valence-corrected chi connectivity index (χ0v) is 13.8. The van der Waals surface area contributed by atoms with Crippen LogP contribution in [0.1, 0.15) is 17.4 Å². The third kappa shape index (κ3) is 4.82. The molecule has 0 aliphatic rings. The van der Waals surface area contributed by atoms with Gasteiger partial charge >= 0.3 is 0 Å². The molecule has 21 heavy (non-hydrogen) atoms. The van der Waals surface area contributed by atoms with Gasteiger partial charge in [0, 0.05) is 7.05 Å². The molecule has 1 amide bonds. The van der Waals surface area contributed by atoms with Gasteiger partial charge in [0.2, 0.25) is 11.8 Å². The number of thioether (sulfide) groups is 2. The van der Waals surface area contributed by atoms with E-state index in [1.165, 1.54) is 11.8 Å². The van der Waals surface area contributed by atoms with Crippen LogP contribution in [0, 0.1) is 6.92 Å². The number of furan rings is 1. The molecule has 2 aromatic heterocycles. The maximum atomic E-state index is 12.0. The van der Waals surface area contributed by atoms with Crippen molar-refractivity contribution in [2.75, 3.05) is 19.1 Å². The third-order valence-corrected chi connectivity index (χ3v) is 3.99. The van der Waals surface area contributed by atoms with Gasteiger partial charge in [-0.1, -0.05) is 11.8 Å². The Bertz CT molecular complexity index is 597. The summed E-state index contributed by atoms with van der Waals surface area (Å²) >= 11 is 2.86. The van der Waals surface area contributed by atoms with Gasteiger partial charge in [0.15, 0.2) is 0 Å². The van der Waals surface area contributed by atoms with Crippen molar-refractivity contribution in [3.63, 3.8) is 0 Å². The monoisotopic (exact) mass is 327 g/mol. The highest BCUT2D eigenvalue weighted by atomic mass is 32.2. The Balaban J connectivity index is 1.80. The molecule has 6 nitrogen and oxygen atoms in total. The van der Waals surface area contributed by atoms with Gasteiger partial charge in [-0.05, 0) is 25.3 Å². The Morgan fingerprint density at radius 3 is 2.81 bits per heavy atom. The van der Waals surface area contributed by atoms with E-state index < -0.39 is 0 Å². The van der Waals surface area contributed by atoms with Gasteiger partial charge in [-0.3, -0.25) is 4.79 Å². The van der Waals surface area contributed by atoms with Crippen LogP contribution in [0.2, 0.25) is 0 Å². The summed E-state index contributed by atoms with van der Waals surface area (Å²) in [7, 11) is 1.74. The molecule has 8 heteroatoms. The minimum absolute atomic E-state index is 0.0151. The average Bonchev–Trinajstić information content (AvgIpc) is 3.06. The maximum absolute atomic E-state index is 12.0. The van der Waals surface area contributed by atoms with Crippen LogP contribution in [0.3, 0.4) is 0 Å². The molecule has 0 spiro atoms. The van der Waals surface area contributed by atoms with Gasteiger partial charge in [0.25, 0.3) is 5.22 Å². The van der Waals surface area contributed by atoms with E-state index in [0.717, 1.165) is 11.5 Å². The maximum Gasteiger partial charge on any atom is 0.277 e. The number of hydrogen-bond donors (Lipinski definition) is 0. The first kappa shape index (κ1) is 16.0. The summed E-state index contributed by atoms with van der Waals surface area (Å²) < 4.78 is 10.9. The highest BCUT2D eigenvalue weighted by molar-refractivity contribution is 7.99. The lowest BCUT2D eigenvalue weighted by Crippen LogP contribution is -2.27. The molecule has 0 unspecified atom stereocenters. The number of rotatable bonds is 7. The number of amides is 1. The zero-order chi connectivity index (χ0) is 15.2. The van der Waals surface area contributed by atoms with Crippen LogP contribution in [0.15, 0.2) is 26.2 Å². The van der Waals surface area contributed by atoms with E-state index in [9.17, 15) is 4.79 Å². The van der Waals surface area contributed by atoms with Crippen molar-refractivity contribution in [3.05, 3.63) is 29.5 Å². The van der Waals surface area contributed by atoms with Crippen LogP contribution >= 0.6 is 23.5 Å². The van der Waals surface area contributed by atoms with Gasteiger partial charge in [-0.2, -0.15) is 11.8 Å². The van der Waals surface area contributed by atoms with Crippen molar-refractivity contribution >= 4 is 29.4 Å². The predicted molar refractivity (Wildman–Crippen MR) is 82.2 cm³/mol. The van der Waals surface area contributed by atoms with E-state index in [1.54, 1.807) is 23.7 Å². The van der Waals surface area contributed by atoms with E-state index in [2.05, 4.69) is 10.2 Å². The highest BCUT2D eigenvalue weighted by Crippen LogP contribution is 2.18. The van der Waals surface area contributed by atoms with Gasteiger partial charge < -0.3 is 13.7 Å². The molecule has 0 N–H and O–H groups in total. The number of nitrogens with zero attached hydrogens (tertiary/aromatic N) is 3. The molecule has 0 saturated carbocycles. The largest absolute Gasteiger partial charge is 0.464 e. The molecule has 0 aliphatic carbocycles.